The molecule has 0 aromatic heterocycles. The van der Waals surface area contributed by atoms with Crippen molar-refractivity contribution in [3.05, 3.63) is 23.3 Å². The lowest BCUT2D eigenvalue weighted by atomic mass is 9.43. The van der Waals surface area contributed by atoms with Crippen molar-refractivity contribution in [2.45, 2.75) is 70.1 Å². The highest BCUT2D eigenvalue weighted by atomic mass is 32.2. The second kappa shape index (κ2) is 7.20. The number of sulfone groups is 1. The summed E-state index contributed by atoms with van der Waals surface area (Å²) in [6, 6.07) is 2.58. The predicted octanol–water partition coefficient (Wildman–Crippen LogP) is 3.49. The third kappa shape index (κ3) is 3.33. The number of aliphatic carboxylic acids is 1. The highest BCUT2D eigenvalue weighted by Crippen LogP contribution is 2.67. The predicted molar refractivity (Wildman–Crippen MR) is 119 cm³/mol. The Labute approximate surface area is 189 Å². The van der Waals surface area contributed by atoms with Crippen LogP contribution in [-0.4, -0.2) is 42.8 Å². The van der Waals surface area contributed by atoms with Crippen molar-refractivity contribution in [3.8, 4) is 5.75 Å². The number of rotatable bonds is 3. The number of carboxylic acids is 1. The summed E-state index contributed by atoms with van der Waals surface area (Å²) in [5.74, 6) is -1.83. The van der Waals surface area contributed by atoms with Crippen molar-refractivity contribution >= 4 is 21.7 Å². The molecule has 3 aliphatic rings. The molecule has 7 nitrogen and oxygen atoms in total. The van der Waals surface area contributed by atoms with E-state index in [0.29, 0.717) is 11.5 Å². The van der Waals surface area contributed by atoms with Gasteiger partial charge in [0.1, 0.15) is 12.3 Å². The van der Waals surface area contributed by atoms with Gasteiger partial charge in [-0.05, 0) is 60.5 Å². The van der Waals surface area contributed by atoms with Crippen LogP contribution in [0.4, 0.5) is 0 Å². The minimum absolute atomic E-state index is 0.000775. The van der Waals surface area contributed by atoms with Crippen LogP contribution >= 0.6 is 0 Å². The maximum atomic E-state index is 13.5. The summed E-state index contributed by atoms with van der Waals surface area (Å²) in [6.45, 7) is 8.31. The van der Waals surface area contributed by atoms with E-state index in [1.54, 1.807) is 0 Å². The molecule has 2 saturated carbocycles. The van der Waals surface area contributed by atoms with E-state index >= 15 is 0 Å². The molecule has 0 unspecified atom stereocenters. The van der Waals surface area contributed by atoms with Crippen LogP contribution in [-0.2, 0) is 20.0 Å². The summed E-state index contributed by atoms with van der Waals surface area (Å²) in [7, 11) is -3.74. The Morgan fingerprint density at radius 2 is 1.78 bits per heavy atom. The first-order chi connectivity index (χ1) is 14.7. The first-order valence-electron chi connectivity index (χ1n) is 11.3. The van der Waals surface area contributed by atoms with Crippen LogP contribution in [0, 0.1) is 22.7 Å². The van der Waals surface area contributed by atoms with Crippen LogP contribution in [0.25, 0.3) is 0 Å². The van der Waals surface area contributed by atoms with E-state index < -0.39 is 33.7 Å². The molecule has 1 amide bonds. The average Bonchev–Trinajstić information content (AvgIpc) is 2.67. The van der Waals surface area contributed by atoms with Crippen LogP contribution in [0.15, 0.2) is 17.0 Å². The zero-order valence-electron chi connectivity index (χ0n) is 19.2. The lowest BCUT2D eigenvalue weighted by Gasteiger charge is -2.63. The largest absolute Gasteiger partial charge is 0.508 e. The summed E-state index contributed by atoms with van der Waals surface area (Å²) in [4.78, 5) is 23.2. The van der Waals surface area contributed by atoms with Crippen molar-refractivity contribution in [2.75, 3.05) is 12.3 Å². The number of benzene rings is 1. The average molecular weight is 464 g/mol. The smallest absolute Gasteiger partial charge is 0.322 e. The molecule has 8 heteroatoms. The van der Waals surface area contributed by atoms with Crippen LogP contribution in [0.5, 0.6) is 5.75 Å². The van der Waals surface area contributed by atoms with E-state index in [2.05, 4.69) is 33.0 Å². The van der Waals surface area contributed by atoms with Crippen molar-refractivity contribution in [1.29, 1.82) is 0 Å². The molecule has 32 heavy (non-hydrogen) atoms. The molecule has 2 fully saturated rings. The number of phenols is 1. The van der Waals surface area contributed by atoms with Crippen molar-refractivity contribution in [1.82, 2.24) is 5.32 Å². The Hall–Kier alpha value is -2.09. The zero-order valence-corrected chi connectivity index (χ0v) is 20.0. The number of hydrogen-bond acceptors (Lipinski definition) is 5. The van der Waals surface area contributed by atoms with E-state index in [4.69, 9.17) is 5.11 Å². The molecule has 1 aliphatic heterocycles. The second-order valence-electron chi connectivity index (χ2n) is 11.1. The van der Waals surface area contributed by atoms with E-state index in [1.807, 2.05) is 0 Å². The number of carboxylic acid groups (broad SMARTS) is 1. The Balaban J connectivity index is 1.83. The highest BCUT2D eigenvalue weighted by molar-refractivity contribution is 7.91. The number of fused-ring (bicyclic) bond motifs is 5. The quantitative estimate of drug-likeness (QED) is 0.631. The second-order valence-corrected chi connectivity index (χ2v) is 13.1. The minimum Gasteiger partial charge on any atom is -0.508 e. The fraction of sp³-hybridized carbons (Fsp3) is 0.667. The minimum atomic E-state index is -3.74. The molecule has 0 saturated heterocycles. The summed E-state index contributed by atoms with van der Waals surface area (Å²) < 4.78 is 27.0. The van der Waals surface area contributed by atoms with Gasteiger partial charge in [0.25, 0.3) is 5.91 Å². The molecule has 3 N–H and O–H groups in total. The molecule has 2 aliphatic carbocycles. The Kier molecular flexibility index (Phi) is 5.20. The number of phenolic OH excluding ortho intramolecular Hbond substituents is 1. The normalized spacial score (nSPS) is 34.5. The molecule has 4 atom stereocenters. The summed E-state index contributed by atoms with van der Waals surface area (Å²) >= 11 is 0. The SMILES string of the molecule is CC1(C)CCC[C@]2(C)[C@H]3CS(=O)(=O)c4cc(C(=O)NCC(=O)O)cc(O)c4[C@]3(C)CC[C@@H]12. The van der Waals surface area contributed by atoms with Gasteiger partial charge in [0.05, 0.1) is 10.6 Å². The number of nitrogens with one attached hydrogen (secondary N) is 1. The van der Waals surface area contributed by atoms with Gasteiger partial charge in [-0.1, -0.05) is 34.1 Å². The third-order valence-corrected chi connectivity index (χ3v) is 10.6. The van der Waals surface area contributed by atoms with E-state index in [1.165, 1.54) is 12.1 Å². The first-order valence-corrected chi connectivity index (χ1v) is 13.0. The molecule has 0 bridgehead atoms. The molecule has 0 spiro atoms. The van der Waals surface area contributed by atoms with Crippen LogP contribution < -0.4 is 5.32 Å². The molecule has 1 heterocycles. The molecule has 0 radical (unpaired) electrons. The Morgan fingerprint density at radius 3 is 2.44 bits per heavy atom. The standard InChI is InChI=1S/C24H33NO6S/c1-22(2)7-5-8-23(3)17(22)6-9-24(4)18(23)13-32(30,31)16-11-14(10-15(26)20(16)24)21(29)25-12-19(27)28/h10-11,17-18,26H,5-9,12-13H2,1-4H3,(H,25,29)(H,27,28)/t17-,18+,23-,24+/m0/s1. The summed E-state index contributed by atoms with van der Waals surface area (Å²) in [5, 5.41) is 22.1. The number of aromatic hydroxyl groups is 1. The van der Waals surface area contributed by atoms with Gasteiger partial charge >= 0.3 is 5.97 Å². The zero-order chi connectivity index (χ0) is 23.7. The van der Waals surface area contributed by atoms with Crippen LogP contribution in [0.1, 0.15) is 75.7 Å². The molecule has 1 aromatic rings. The maximum absolute atomic E-state index is 13.5. The number of hydrogen-bond donors (Lipinski definition) is 3. The number of carbonyl (C=O) groups excluding carboxylic acids is 1. The van der Waals surface area contributed by atoms with E-state index in [-0.39, 0.29) is 38.7 Å². The summed E-state index contributed by atoms with van der Waals surface area (Å²) in [5.41, 5.74) is -0.145. The maximum Gasteiger partial charge on any atom is 0.322 e. The molecule has 176 valence electrons. The third-order valence-electron chi connectivity index (χ3n) is 8.83. The van der Waals surface area contributed by atoms with Crippen LogP contribution in [0.3, 0.4) is 0 Å². The molecule has 4 rings (SSSR count). The topological polar surface area (TPSA) is 121 Å². The fourth-order valence-corrected chi connectivity index (χ4v) is 9.76. The monoisotopic (exact) mass is 463 g/mol. The van der Waals surface area contributed by atoms with Crippen LogP contribution in [0.2, 0.25) is 0 Å². The molecular weight excluding hydrogens is 430 g/mol. The van der Waals surface area contributed by atoms with Crippen molar-refractivity contribution in [2.24, 2.45) is 22.7 Å². The van der Waals surface area contributed by atoms with Gasteiger partial charge in [-0.3, -0.25) is 9.59 Å². The summed E-state index contributed by atoms with van der Waals surface area (Å²) in [6.07, 6.45) is 4.93. The Morgan fingerprint density at radius 1 is 1.09 bits per heavy atom. The van der Waals surface area contributed by atoms with Gasteiger partial charge in [-0.25, -0.2) is 8.42 Å². The first kappa shape index (κ1) is 23.1. The van der Waals surface area contributed by atoms with Crippen molar-refractivity contribution < 1.29 is 28.2 Å². The van der Waals surface area contributed by atoms with Gasteiger partial charge in [0.2, 0.25) is 0 Å². The lowest BCUT2D eigenvalue weighted by molar-refractivity contribution is -0.135. The van der Waals surface area contributed by atoms with Gasteiger partial charge in [-0.15, -0.1) is 0 Å². The highest BCUT2D eigenvalue weighted by Gasteiger charge is 2.62. The lowest BCUT2D eigenvalue weighted by Crippen LogP contribution is -2.59. The molecule has 1 aromatic carbocycles. The number of amides is 1. The number of carbonyl (C=O) groups is 2. The van der Waals surface area contributed by atoms with Gasteiger partial charge < -0.3 is 15.5 Å². The fourth-order valence-electron chi connectivity index (χ4n) is 7.44. The Bertz CT molecular complexity index is 1090. The van der Waals surface area contributed by atoms with Crippen molar-refractivity contribution in [3.63, 3.8) is 0 Å². The molecular formula is C24H33NO6S. The van der Waals surface area contributed by atoms with E-state index in [9.17, 15) is 23.1 Å². The van der Waals surface area contributed by atoms with Gasteiger partial charge in [-0.2, -0.15) is 0 Å². The van der Waals surface area contributed by atoms with E-state index in [0.717, 1.165) is 32.1 Å². The van der Waals surface area contributed by atoms with Gasteiger partial charge in [0.15, 0.2) is 9.84 Å². The van der Waals surface area contributed by atoms with Gasteiger partial charge in [0, 0.05) is 16.5 Å².